The van der Waals surface area contributed by atoms with Crippen molar-refractivity contribution in [2.24, 2.45) is 21.1 Å². The van der Waals surface area contributed by atoms with Crippen LogP contribution < -0.4 is 10.6 Å². The van der Waals surface area contributed by atoms with Crippen LogP contribution in [0, 0.1) is 10.8 Å². The van der Waals surface area contributed by atoms with Crippen molar-refractivity contribution in [2.45, 2.75) is 0 Å². The van der Waals surface area contributed by atoms with E-state index in [0.717, 1.165) is 52.4 Å². The Kier molecular flexibility index (Phi) is 5.10. The molecule has 136 valence electrons. The monoisotopic (exact) mass is 338 g/mol. The SMILES string of the molecule is CO/N=C1/CN(C)CC12CNC2.CO/N=C1/CNCC12CN(C)C2. The Balaban J connectivity index is 0.000000141. The van der Waals surface area contributed by atoms with Crippen LogP contribution >= 0.6 is 0 Å². The standard InChI is InChI=1S/2C8H15N3O/c1-11-3-7(10-12-2)8(6-11)4-9-5-8;1-11-5-8(6-11)4-9-3-7(8)10-12-2/h2*9H,3-6H2,1-2H3/b2*10-7-. The van der Waals surface area contributed by atoms with Gasteiger partial charge in [-0.1, -0.05) is 10.3 Å². The number of nitrogens with zero attached hydrogens (tertiary/aromatic N) is 4. The molecule has 0 saturated carbocycles. The van der Waals surface area contributed by atoms with Gasteiger partial charge in [-0.15, -0.1) is 0 Å². The lowest BCUT2D eigenvalue weighted by Crippen LogP contribution is -2.58. The Morgan fingerprint density at radius 3 is 1.96 bits per heavy atom. The molecule has 0 aromatic carbocycles. The molecule has 8 heteroatoms. The van der Waals surface area contributed by atoms with Gasteiger partial charge in [0.25, 0.3) is 0 Å². The second-order valence-corrected chi connectivity index (χ2v) is 7.55. The molecule has 2 N–H and O–H groups in total. The lowest BCUT2D eigenvalue weighted by molar-refractivity contribution is 0.0893. The highest BCUT2D eigenvalue weighted by Crippen LogP contribution is 2.33. The average Bonchev–Trinajstić information content (AvgIpc) is 3.02. The number of oxime groups is 2. The second-order valence-electron chi connectivity index (χ2n) is 7.55. The molecule has 0 bridgehead atoms. The summed E-state index contributed by atoms with van der Waals surface area (Å²) in [7, 11) is 7.48. The van der Waals surface area contributed by atoms with Gasteiger partial charge in [-0.3, -0.25) is 4.90 Å². The maximum atomic E-state index is 4.84. The number of hydrogen-bond acceptors (Lipinski definition) is 8. The van der Waals surface area contributed by atoms with Gasteiger partial charge >= 0.3 is 0 Å². The van der Waals surface area contributed by atoms with Crippen molar-refractivity contribution >= 4 is 11.4 Å². The van der Waals surface area contributed by atoms with E-state index >= 15 is 0 Å². The predicted octanol–water partition coefficient (Wildman–Crippen LogP) is -0.952. The van der Waals surface area contributed by atoms with Crippen LogP contribution in [0.4, 0.5) is 0 Å². The van der Waals surface area contributed by atoms with Crippen LogP contribution in [0.2, 0.25) is 0 Å². The first-order valence-electron chi connectivity index (χ1n) is 8.53. The summed E-state index contributed by atoms with van der Waals surface area (Å²) in [6, 6.07) is 0. The highest BCUT2D eigenvalue weighted by atomic mass is 16.6. The van der Waals surface area contributed by atoms with Crippen LogP contribution in [0.15, 0.2) is 10.3 Å². The largest absolute Gasteiger partial charge is 0.399 e. The number of nitrogens with one attached hydrogen (secondary N) is 2. The second kappa shape index (κ2) is 6.95. The summed E-state index contributed by atoms with van der Waals surface area (Å²) in [4.78, 5) is 14.3. The van der Waals surface area contributed by atoms with Crippen LogP contribution in [-0.2, 0) is 9.68 Å². The van der Waals surface area contributed by atoms with Gasteiger partial charge in [0.15, 0.2) is 0 Å². The van der Waals surface area contributed by atoms with E-state index in [1.807, 2.05) is 0 Å². The summed E-state index contributed by atoms with van der Waals surface area (Å²) in [6.07, 6.45) is 0. The highest BCUT2D eigenvalue weighted by Gasteiger charge is 2.49. The van der Waals surface area contributed by atoms with Crippen molar-refractivity contribution < 1.29 is 9.68 Å². The Morgan fingerprint density at radius 1 is 0.833 bits per heavy atom. The molecule has 8 nitrogen and oxygen atoms in total. The van der Waals surface area contributed by atoms with Gasteiger partial charge in [-0.25, -0.2) is 0 Å². The van der Waals surface area contributed by atoms with E-state index in [4.69, 9.17) is 9.68 Å². The quantitative estimate of drug-likeness (QED) is 0.633. The first kappa shape index (κ1) is 17.6. The van der Waals surface area contributed by atoms with Crippen LogP contribution in [0.1, 0.15) is 0 Å². The van der Waals surface area contributed by atoms with Crippen molar-refractivity contribution in [3.05, 3.63) is 0 Å². The third kappa shape index (κ3) is 3.15. The summed E-state index contributed by atoms with van der Waals surface area (Å²) in [5.41, 5.74) is 2.98. The van der Waals surface area contributed by atoms with E-state index in [2.05, 4.69) is 44.8 Å². The van der Waals surface area contributed by atoms with Crippen molar-refractivity contribution in [2.75, 3.05) is 80.7 Å². The molecule has 0 unspecified atom stereocenters. The van der Waals surface area contributed by atoms with Crippen molar-refractivity contribution in [1.82, 2.24) is 20.4 Å². The molecule has 0 aromatic heterocycles. The van der Waals surface area contributed by atoms with Gasteiger partial charge in [0.2, 0.25) is 0 Å². The lowest BCUT2D eigenvalue weighted by Gasteiger charge is -2.45. The molecular weight excluding hydrogens is 308 g/mol. The zero-order valence-electron chi connectivity index (χ0n) is 15.3. The molecule has 2 spiro atoms. The molecule has 0 aromatic rings. The minimum absolute atomic E-state index is 0.296. The maximum absolute atomic E-state index is 4.84. The van der Waals surface area contributed by atoms with Crippen molar-refractivity contribution in [3.63, 3.8) is 0 Å². The fourth-order valence-electron chi connectivity index (χ4n) is 4.30. The van der Waals surface area contributed by atoms with Gasteiger partial charge in [-0.2, -0.15) is 0 Å². The Hall–Kier alpha value is -1.22. The van der Waals surface area contributed by atoms with E-state index in [0.29, 0.717) is 10.8 Å². The summed E-state index contributed by atoms with van der Waals surface area (Å²) >= 11 is 0. The minimum atomic E-state index is 0.296. The van der Waals surface area contributed by atoms with Crippen molar-refractivity contribution in [3.8, 4) is 0 Å². The Morgan fingerprint density at radius 2 is 1.42 bits per heavy atom. The smallest absolute Gasteiger partial charge is 0.106 e. The Bertz CT molecular complexity index is 511. The molecule has 0 aliphatic carbocycles. The molecule has 0 atom stereocenters. The normalized spacial score (nSPS) is 31.0. The van der Waals surface area contributed by atoms with Crippen LogP contribution in [0.5, 0.6) is 0 Å². The fourth-order valence-corrected chi connectivity index (χ4v) is 4.30. The third-order valence-corrected chi connectivity index (χ3v) is 5.45. The summed E-state index contributed by atoms with van der Waals surface area (Å²) in [6.45, 7) is 8.35. The number of rotatable bonds is 2. The molecule has 4 saturated heterocycles. The topological polar surface area (TPSA) is 73.7 Å². The average molecular weight is 338 g/mol. The molecule has 4 aliphatic rings. The minimum Gasteiger partial charge on any atom is -0.399 e. The van der Waals surface area contributed by atoms with Crippen LogP contribution in [0.3, 0.4) is 0 Å². The third-order valence-electron chi connectivity index (χ3n) is 5.45. The van der Waals surface area contributed by atoms with E-state index in [1.54, 1.807) is 14.2 Å². The highest BCUT2D eigenvalue weighted by molar-refractivity contribution is 5.95. The van der Waals surface area contributed by atoms with Gasteiger partial charge in [0.1, 0.15) is 14.2 Å². The number of likely N-dealkylation sites (tertiary alicyclic amines) is 2. The first-order valence-corrected chi connectivity index (χ1v) is 8.53. The molecule has 4 heterocycles. The van der Waals surface area contributed by atoms with Gasteiger partial charge < -0.3 is 25.2 Å². The van der Waals surface area contributed by atoms with Gasteiger partial charge in [0.05, 0.1) is 22.3 Å². The molecule has 4 fully saturated rings. The summed E-state index contributed by atoms with van der Waals surface area (Å²) < 4.78 is 0. The van der Waals surface area contributed by atoms with Crippen LogP contribution in [0.25, 0.3) is 0 Å². The van der Waals surface area contributed by atoms with E-state index in [1.165, 1.54) is 11.4 Å². The van der Waals surface area contributed by atoms with E-state index in [9.17, 15) is 0 Å². The summed E-state index contributed by atoms with van der Waals surface area (Å²) in [5, 5.41) is 14.8. The van der Waals surface area contributed by atoms with Crippen LogP contribution in [-0.4, -0.2) is 102 Å². The molecular formula is C16H30N6O2. The maximum Gasteiger partial charge on any atom is 0.106 e. The van der Waals surface area contributed by atoms with Gasteiger partial charge in [-0.05, 0) is 14.1 Å². The fraction of sp³-hybridized carbons (Fsp3) is 0.875. The summed E-state index contributed by atoms with van der Waals surface area (Å²) in [5.74, 6) is 0. The Labute approximate surface area is 144 Å². The lowest BCUT2D eigenvalue weighted by atomic mass is 9.78. The molecule has 4 aliphatic heterocycles. The molecule has 24 heavy (non-hydrogen) atoms. The zero-order valence-corrected chi connectivity index (χ0v) is 15.3. The predicted molar refractivity (Wildman–Crippen MR) is 94.5 cm³/mol. The van der Waals surface area contributed by atoms with E-state index in [-0.39, 0.29) is 0 Å². The molecule has 0 radical (unpaired) electrons. The first-order chi connectivity index (χ1) is 11.5. The molecule has 4 rings (SSSR count). The zero-order chi connectivity index (χ0) is 17.2. The molecule has 0 amide bonds. The van der Waals surface area contributed by atoms with Gasteiger partial charge in [0, 0.05) is 52.4 Å². The van der Waals surface area contributed by atoms with E-state index < -0.39 is 0 Å². The van der Waals surface area contributed by atoms with Crippen molar-refractivity contribution in [1.29, 1.82) is 0 Å². The number of hydrogen-bond donors (Lipinski definition) is 2.